The van der Waals surface area contributed by atoms with Gasteiger partial charge in [-0.05, 0) is 37.8 Å². The van der Waals surface area contributed by atoms with Crippen LogP contribution in [-0.2, 0) is 16.0 Å². The van der Waals surface area contributed by atoms with E-state index in [1.807, 2.05) is 18.2 Å². The van der Waals surface area contributed by atoms with Gasteiger partial charge < -0.3 is 15.4 Å². The van der Waals surface area contributed by atoms with Crippen molar-refractivity contribution in [2.45, 2.75) is 31.7 Å². The number of carbonyl (C=O) groups excluding carboxylic acids is 1. The van der Waals surface area contributed by atoms with Crippen molar-refractivity contribution in [2.75, 3.05) is 26.3 Å². The molecule has 1 fully saturated rings. The van der Waals surface area contributed by atoms with Crippen molar-refractivity contribution in [1.82, 2.24) is 10.6 Å². The van der Waals surface area contributed by atoms with Crippen LogP contribution in [0.5, 0.6) is 0 Å². The van der Waals surface area contributed by atoms with E-state index in [9.17, 15) is 4.79 Å². The van der Waals surface area contributed by atoms with Gasteiger partial charge >= 0.3 is 0 Å². The van der Waals surface area contributed by atoms with Crippen LogP contribution in [0.1, 0.15) is 24.8 Å². The van der Waals surface area contributed by atoms with E-state index in [1.54, 1.807) is 0 Å². The fourth-order valence-electron chi connectivity index (χ4n) is 2.35. The summed E-state index contributed by atoms with van der Waals surface area (Å²) in [6.45, 7) is 3.09. The number of carbonyl (C=O) groups is 1. The van der Waals surface area contributed by atoms with E-state index in [1.165, 1.54) is 5.56 Å². The van der Waals surface area contributed by atoms with Crippen LogP contribution in [0.2, 0.25) is 0 Å². The topological polar surface area (TPSA) is 50.4 Å². The molecule has 21 heavy (non-hydrogen) atoms. The standard InChI is InChI=1S/C16H24N2O2.ClH/c19-16(15-8-4-10-17-15)18-11-5-12-20-13-9-14-6-2-1-3-7-14;/h1-3,6-7,15,17H,4-5,8-13H2,(H,18,19);1H. The van der Waals surface area contributed by atoms with Gasteiger partial charge in [0.1, 0.15) is 0 Å². The van der Waals surface area contributed by atoms with E-state index in [4.69, 9.17) is 4.74 Å². The van der Waals surface area contributed by atoms with Crippen LogP contribution in [-0.4, -0.2) is 38.3 Å². The Morgan fingerprint density at radius 3 is 2.81 bits per heavy atom. The molecule has 0 saturated carbocycles. The van der Waals surface area contributed by atoms with Gasteiger partial charge in [-0.25, -0.2) is 0 Å². The number of hydrogen-bond acceptors (Lipinski definition) is 3. The molecule has 1 aromatic carbocycles. The minimum atomic E-state index is 0. The van der Waals surface area contributed by atoms with E-state index >= 15 is 0 Å². The van der Waals surface area contributed by atoms with E-state index in [2.05, 4.69) is 22.8 Å². The summed E-state index contributed by atoms with van der Waals surface area (Å²) in [5, 5.41) is 6.14. The van der Waals surface area contributed by atoms with Gasteiger partial charge in [-0.2, -0.15) is 0 Å². The van der Waals surface area contributed by atoms with Crippen LogP contribution in [0, 0.1) is 0 Å². The molecule has 1 heterocycles. The van der Waals surface area contributed by atoms with E-state index in [-0.39, 0.29) is 24.4 Å². The molecule has 1 atom stereocenters. The average Bonchev–Trinajstić information content (AvgIpc) is 3.01. The fraction of sp³-hybridized carbons (Fsp3) is 0.562. The fourth-order valence-corrected chi connectivity index (χ4v) is 2.35. The Morgan fingerprint density at radius 2 is 2.10 bits per heavy atom. The number of amides is 1. The first-order chi connectivity index (χ1) is 9.86. The molecule has 2 N–H and O–H groups in total. The third-order valence-electron chi connectivity index (χ3n) is 3.52. The van der Waals surface area contributed by atoms with Crippen LogP contribution >= 0.6 is 12.4 Å². The number of rotatable bonds is 8. The number of halogens is 1. The van der Waals surface area contributed by atoms with Crippen molar-refractivity contribution in [1.29, 1.82) is 0 Å². The molecular formula is C16H25ClN2O2. The third-order valence-corrected chi connectivity index (χ3v) is 3.52. The average molecular weight is 313 g/mol. The van der Waals surface area contributed by atoms with Gasteiger partial charge in [-0.15, -0.1) is 12.4 Å². The summed E-state index contributed by atoms with van der Waals surface area (Å²) < 4.78 is 5.58. The number of benzene rings is 1. The quantitative estimate of drug-likeness (QED) is 0.721. The Labute approximate surface area is 133 Å². The van der Waals surface area contributed by atoms with Crippen molar-refractivity contribution in [3.63, 3.8) is 0 Å². The highest BCUT2D eigenvalue weighted by Gasteiger charge is 2.20. The van der Waals surface area contributed by atoms with Gasteiger partial charge in [0.15, 0.2) is 0 Å². The zero-order valence-corrected chi connectivity index (χ0v) is 13.2. The Bertz CT molecular complexity index is 395. The Kier molecular flexibility index (Phi) is 9.06. The molecule has 0 bridgehead atoms. The van der Waals surface area contributed by atoms with E-state index < -0.39 is 0 Å². The van der Waals surface area contributed by atoms with Crippen LogP contribution in [0.4, 0.5) is 0 Å². The maximum absolute atomic E-state index is 11.7. The zero-order valence-electron chi connectivity index (χ0n) is 12.3. The molecule has 0 aromatic heterocycles. The highest BCUT2D eigenvalue weighted by atomic mass is 35.5. The molecule has 1 aliphatic heterocycles. The zero-order chi connectivity index (χ0) is 14.0. The highest BCUT2D eigenvalue weighted by Crippen LogP contribution is 2.04. The molecule has 1 saturated heterocycles. The monoisotopic (exact) mass is 312 g/mol. The molecule has 4 nitrogen and oxygen atoms in total. The summed E-state index contributed by atoms with van der Waals surface area (Å²) >= 11 is 0. The Hall–Kier alpha value is -1.10. The number of hydrogen-bond donors (Lipinski definition) is 2. The first-order valence-corrected chi connectivity index (χ1v) is 7.49. The van der Waals surface area contributed by atoms with Crippen molar-refractivity contribution in [3.05, 3.63) is 35.9 Å². The molecule has 1 amide bonds. The second-order valence-electron chi connectivity index (χ2n) is 5.14. The van der Waals surface area contributed by atoms with Crippen LogP contribution in [0.3, 0.4) is 0 Å². The summed E-state index contributed by atoms with van der Waals surface area (Å²) in [6.07, 6.45) is 3.87. The molecule has 1 aliphatic rings. The highest BCUT2D eigenvalue weighted by molar-refractivity contribution is 5.85. The Balaban J connectivity index is 0.00000220. The van der Waals surface area contributed by atoms with Crippen molar-refractivity contribution >= 4 is 18.3 Å². The Morgan fingerprint density at radius 1 is 1.29 bits per heavy atom. The summed E-state index contributed by atoms with van der Waals surface area (Å²) in [4.78, 5) is 11.7. The summed E-state index contributed by atoms with van der Waals surface area (Å²) in [5.41, 5.74) is 1.30. The van der Waals surface area contributed by atoms with E-state index in [0.717, 1.165) is 38.8 Å². The smallest absolute Gasteiger partial charge is 0.237 e. The van der Waals surface area contributed by atoms with Gasteiger partial charge in [-0.1, -0.05) is 30.3 Å². The first-order valence-electron chi connectivity index (χ1n) is 7.49. The van der Waals surface area contributed by atoms with Crippen LogP contribution in [0.15, 0.2) is 30.3 Å². The lowest BCUT2D eigenvalue weighted by atomic mass is 10.2. The third kappa shape index (κ3) is 6.93. The van der Waals surface area contributed by atoms with Gasteiger partial charge in [0.2, 0.25) is 5.91 Å². The SMILES string of the molecule is Cl.O=C(NCCCOCCc1ccccc1)C1CCCN1. The molecule has 0 radical (unpaired) electrons. The lowest BCUT2D eigenvalue weighted by Crippen LogP contribution is -2.40. The van der Waals surface area contributed by atoms with Crippen LogP contribution < -0.4 is 10.6 Å². The number of nitrogens with one attached hydrogen (secondary N) is 2. The van der Waals surface area contributed by atoms with Gasteiger partial charge in [0.05, 0.1) is 12.6 Å². The van der Waals surface area contributed by atoms with Gasteiger partial charge in [-0.3, -0.25) is 4.79 Å². The van der Waals surface area contributed by atoms with Crippen LogP contribution in [0.25, 0.3) is 0 Å². The first kappa shape index (κ1) is 18.0. The van der Waals surface area contributed by atoms with Gasteiger partial charge in [0, 0.05) is 13.2 Å². The maximum Gasteiger partial charge on any atom is 0.237 e. The lowest BCUT2D eigenvalue weighted by Gasteiger charge is -2.11. The predicted octanol–water partition coefficient (Wildman–Crippen LogP) is 1.93. The van der Waals surface area contributed by atoms with Gasteiger partial charge in [0.25, 0.3) is 0 Å². The van der Waals surface area contributed by atoms with E-state index in [0.29, 0.717) is 13.2 Å². The maximum atomic E-state index is 11.7. The lowest BCUT2D eigenvalue weighted by molar-refractivity contribution is -0.122. The second kappa shape index (κ2) is 10.6. The van der Waals surface area contributed by atoms with Crippen molar-refractivity contribution in [3.8, 4) is 0 Å². The second-order valence-corrected chi connectivity index (χ2v) is 5.14. The molecule has 1 unspecified atom stereocenters. The molecule has 1 aromatic rings. The molecule has 0 aliphatic carbocycles. The van der Waals surface area contributed by atoms with Crippen molar-refractivity contribution < 1.29 is 9.53 Å². The molecule has 0 spiro atoms. The normalized spacial score (nSPS) is 17.2. The minimum Gasteiger partial charge on any atom is -0.381 e. The molecule has 2 rings (SSSR count). The molecular weight excluding hydrogens is 288 g/mol. The molecule has 5 heteroatoms. The molecule has 118 valence electrons. The number of ether oxygens (including phenoxy) is 1. The summed E-state index contributed by atoms with van der Waals surface area (Å²) in [6, 6.07) is 10.3. The summed E-state index contributed by atoms with van der Waals surface area (Å²) in [5.74, 6) is 0.131. The summed E-state index contributed by atoms with van der Waals surface area (Å²) in [7, 11) is 0. The predicted molar refractivity (Wildman–Crippen MR) is 86.9 cm³/mol. The largest absolute Gasteiger partial charge is 0.381 e. The minimum absolute atomic E-state index is 0. The van der Waals surface area contributed by atoms with Crippen molar-refractivity contribution in [2.24, 2.45) is 0 Å².